The Bertz CT molecular complexity index is 1040. The van der Waals surface area contributed by atoms with Crippen LogP contribution in [-0.4, -0.2) is 36.1 Å². The van der Waals surface area contributed by atoms with Gasteiger partial charge in [0.05, 0.1) is 6.04 Å². The first-order valence-electron chi connectivity index (χ1n) is 10.2. The van der Waals surface area contributed by atoms with Crippen molar-refractivity contribution in [3.8, 4) is 11.1 Å². The number of aliphatic hydroxyl groups is 1. The molecule has 0 fully saturated rings. The van der Waals surface area contributed by atoms with Crippen LogP contribution in [0.4, 0.5) is 18.0 Å². The summed E-state index contributed by atoms with van der Waals surface area (Å²) in [7, 11) is 0. The van der Waals surface area contributed by atoms with Gasteiger partial charge in [-0.1, -0.05) is 78.9 Å². The van der Waals surface area contributed by atoms with Crippen molar-refractivity contribution in [1.82, 2.24) is 5.32 Å². The summed E-state index contributed by atoms with van der Waals surface area (Å²) in [4.78, 5) is 12.4. The first-order valence-corrected chi connectivity index (χ1v) is 10.2. The molecule has 0 radical (unpaired) electrons. The molecule has 32 heavy (non-hydrogen) atoms. The molecule has 1 aliphatic carbocycles. The van der Waals surface area contributed by atoms with Gasteiger partial charge in [-0.3, -0.25) is 0 Å². The number of hydrogen-bond acceptors (Lipinski definition) is 3. The van der Waals surface area contributed by atoms with Gasteiger partial charge in [0, 0.05) is 5.92 Å². The number of ether oxygens (including phenoxy) is 1. The molecule has 0 saturated heterocycles. The minimum Gasteiger partial charge on any atom is -0.449 e. The number of halogens is 3. The summed E-state index contributed by atoms with van der Waals surface area (Å²) in [5.41, 5.74) is 4.65. The number of amides is 1. The highest BCUT2D eigenvalue weighted by Crippen LogP contribution is 2.44. The molecule has 4 nitrogen and oxygen atoms in total. The van der Waals surface area contributed by atoms with Gasteiger partial charge < -0.3 is 15.2 Å². The van der Waals surface area contributed by atoms with E-state index in [1.807, 2.05) is 48.5 Å². The summed E-state index contributed by atoms with van der Waals surface area (Å²) < 4.78 is 44.9. The van der Waals surface area contributed by atoms with E-state index in [2.05, 4.69) is 5.32 Å². The Morgan fingerprint density at radius 3 is 2.00 bits per heavy atom. The molecule has 0 bridgehead atoms. The predicted octanol–water partition coefficient (Wildman–Crippen LogP) is 5.06. The van der Waals surface area contributed by atoms with E-state index in [-0.39, 0.29) is 18.9 Å². The van der Waals surface area contributed by atoms with Crippen molar-refractivity contribution in [2.24, 2.45) is 0 Å². The number of rotatable bonds is 6. The van der Waals surface area contributed by atoms with Crippen LogP contribution in [0.15, 0.2) is 78.9 Å². The zero-order valence-electron chi connectivity index (χ0n) is 17.0. The lowest BCUT2D eigenvalue weighted by molar-refractivity contribution is -0.211. The highest BCUT2D eigenvalue weighted by atomic mass is 19.4. The van der Waals surface area contributed by atoms with Crippen LogP contribution in [0.25, 0.3) is 11.1 Å². The monoisotopic (exact) mass is 441 g/mol. The number of alkyl carbamates (subject to hydrolysis) is 1. The van der Waals surface area contributed by atoms with E-state index in [1.165, 1.54) is 0 Å². The molecule has 3 aromatic rings. The second-order valence-corrected chi connectivity index (χ2v) is 7.75. The Hall–Kier alpha value is -3.32. The average Bonchev–Trinajstić information content (AvgIpc) is 3.10. The second kappa shape index (κ2) is 9.04. The molecule has 166 valence electrons. The van der Waals surface area contributed by atoms with Crippen LogP contribution in [0.2, 0.25) is 0 Å². The van der Waals surface area contributed by atoms with Crippen LogP contribution >= 0.6 is 0 Å². The van der Waals surface area contributed by atoms with Crippen LogP contribution in [0.3, 0.4) is 0 Å². The smallest absolute Gasteiger partial charge is 0.416 e. The number of carbonyl (C=O) groups is 1. The van der Waals surface area contributed by atoms with Gasteiger partial charge in [0.1, 0.15) is 6.61 Å². The fraction of sp³-hybridized carbons (Fsp3) is 0.240. The zero-order valence-corrected chi connectivity index (χ0v) is 17.0. The number of aliphatic hydroxyl groups excluding tert-OH is 1. The maximum atomic E-state index is 13.2. The van der Waals surface area contributed by atoms with Gasteiger partial charge >= 0.3 is 12.3 Å². The van der Waals surface area contributed by atoms with E-state index in [4.69, 9.17) is 4.74 Å². The normalized spacial score (nSPS) is 14.9. The van der Waals surface area contributed by atoms with Gasteiger partial charge in [-0.05, 0) is 34.2 Å². The van der Waals surface area contributed by atoms with Crippen molar-refractivity contribution < 1.29 is 27.8 Å². The van der Waals surface area contributed by atoms with Crippen LogP contribution in [0.5, 0.6) is 0 Å². The third-order valence-corrected chi connectivity index (χ3v) is 5.66. The standard InChI is InChI=1S/C25H22F3NO3/c26-25(27,28)23(30)22(14-16-8-2-1-3-9-16)29-24(31)32-15-21-19-12-6-4-10-17(19)18-11-5-7-13-20(18)21/h1-13,21-23,30H,14-15H2,(H,29,31). The lowest BCUT2D eigenvalue weighted by atomic mass is 9.98. The van der Waals surface area contributed by atoms with Gasteiger partial charge in [-0.25, -0.2) is 4.79 Å². The summed E-state index contributed by atoms with van der Waals surface area (Å²) in [5, 5.41) is 12.0. The Kier molecular flexibility index (Phi) is 6.19. The lowest BCUT2D eigenvalue weighted by Gasteiger charge is -2.26. The minimum atomic E-state index is -4.88. The number of fused-ring (bicyclic) bond motifs is 3. The molecule has 2 atom stereocenters. The first-order chi connectivity index (χ1) is 15.3. The Morgan fingerprint density at radius 1 is 0.906 bits per heavy atom. The van der Waals surface area contributed by atoms with Gasteiger partial charge in [0.15, 0.2) is 6.10 Å². The Labute approximate surface area is 183 Å². The predicted molar refractivity (Wildman–Crippen MR) is 114 cm³/mol. The Morgan fingerprint density at radius 2 is 1.44 bits per heavy atom. The molecule has 0 aromatic heterocycles. The largest absolute Gasteiger partial charge is 0.449 e. The molecule has 2 unspecified atom stereocenters. The number of hydrogen-bond donors (Lipinski definition) is 2. The second-order valence-electron chi connectivity index (χ2n) is 7.75. The SMILES string of the molecule is O=C(NC(Cc1ccccc1)C(O)C(F)(F)F)OCC1c2ccccc2-c2ccccc21. The van der Waals surface area contributed by atoms with Gasteiger partial charge in [-0.15, -0.1) is 0 Å². The summed E-state index contributed by atoms with van der Waals surface area (Å²) in [5.74, 6) is -0.215. The summed E-state index contributed by atoms with van der Waals surface area (Å²) in [6, 6.07) is 22.3. The zero-order chi connectivity index (χ0) is 22.7. The number of carbonyl (C=O) groups excluding carboxylic acids is 1. The van der Waals surface area contributed by atoms with E-state index in [0.29, 0.717) is 5.56 Å². The summed E-state index contributed by atoms with van der Waals surface area (Å²) in [6.45, 7) is -0.0277. The Balaban J connectivity index is 1.47. The highest BCUT2D eigenvalue weighted by Gasteiger charge is 2.44. The maximum absolute atomic E-state index is 13.2. The van der Waals surface area contributed by atoms with Crippen molar-refractivity contribution in [1.29, 1.82) is 0 Å². The first kappa shape index (κ1) is 21.9. The van der Waals surface area contributed by atoms with E-state index in [1.54, 1.807) is 30.3 Å². The number of benzene rings is 3. The van der Waals surface area contributed by atoms with Crippen molar-refractivity contribution in [2.75, 3.05) is 6.61 Å². The van der Waals surface area contributed by atoms with Crippen molar-refractivity contribution in [3.63, 3.8) is 0 Å². The van der Waals surface area contributed by atoms with Crippen molar-refractivity contribution in [3.05, 3.63) is 95.6 Å². The quantitative estimate of drug-likeness (QED) is 0.562. The third kappa shape index (κ3) is 4.62. The molecule has 0 aliphatic heterocycles. The molecule has 0 spiro atoms. The average molecular weight is 441 g/mol. The van der Waals surface area contributed by atoms with Crippen molar-refractivity contribution >= 4 is 6.09 Å². The van der Waals surface area contributed by atoms with E-state index in [9.17, 15) is 23.1 Å². The van der Waals surface area contributed by atoms with Crippen LogP contribution in [0.1, 0.15) is 22.6 Å². The lowest BCUT2D eigenvalue weighted by Crippen LogP contribution is -2.51. The molecule has 3 aromatic carbocycles. The molecule has 1 amide bonds. The van der Waals surface area contributed by atoms with Gasteiger partial charge in [0.25, 0.3) is 0 Å². The molecule has 0 heterocycles. The van der Waals surface area contributed by atoms with Gasteiger partial charge in [0.2, 0.25) is 0 Å². The molecular weight excluding hydrogens is 419 g/mol. The molecule has 0 saturated carbocycles. The molecule has 2 N–H and O–H groups in total. The molecular formula is C25H22F3NO3. The summed E-state index contributed by atoms with van der Waals surface area (Å²) in [6.07, 6.45) is -8.79. The number of alkyl halides is 3. The molecule has 4 rings (SSSR count). The van der Waals surface area contributed by atoms with E-state index >= 15 is 0 Å². The minimum absolute atomic E-state index is 0.0277. The molecule has 1 aliphatic rings. The summed E-state index contributed by atoms with van der Waals surface area (Å²) >= 11 is 0. The third-order valence-electron chi connectivity index (χ3n) is 5.66. The van der Waals surface area contributed by atoms with E-state index in [0.717, 1.165) is 22.3 Å². The van der Waals surface area contributed by atoms with Crippen LogP contribution in [-0.2, 0) is 11.2 Å². The molecule has 7 heteroatoms. The fourth-order valence-corrected chi connectivity index (χ4v) is 4.13. The topological polar surface area (TPSA) is 58.6 Å². The van der Waals surface area contributed by atoms with Crippen LogP contribution in [0, 0.1) is 0 Å². The number of nitrogens with one attached hydrogen (secondary N) is 1. The van der Waals surface area contributed by atoms with Crippen molar-refractivity contribution in [2.45, 2.75) is 30.7 Å². The maximum Gasteiger partial charge on any atom is 0.416 e. The highest BCUT2D eigenvalue weighted by molar-refractivity contribution is 5.79. The van der Waals surface area contributed by atoms with Crippen LogP contribution < -0.4 is 5.32 Å². The van der Waals surface area contributed by atoms with Gasteiger partial charge in [-0.2, -0.15) is 13.2 Å². The van der Waals surface area contributed by atoms with E-state index < -0.39 is 24.4 Å². The fourth-order valence-electron chi connectivity index (χ4n) is 4.13.